The molecule has 2 fully saturated rings. The van der Waals surface area contributed by atoms with Gasteiger partial charge in [0.25, 0.3) is 5.91 Å². The van der Waals surface area contributed by atoms with Crippen molar-refractivity contribution in [3.63, 3.8) is 0 Å². The van der Waals surface area contributed by atoms with Gasteiger partial charge in [0.15, 0.2) is 0 Å². The fourth-order valence-corrected chi connectivity index (χ4v) is 4.06. The summed E-state index contributed by atoms with van der Waals surface area (Å²) in [5.41, 5.74) is 1.44. The van der Waals surface area contributed by atoms with Crippen LogP contribution in [-0.4, -0.2) is 47.1 Å². The lowest BCUT2D eigenvalue weighted by atomic mass is 9.85. The number of benzene rings is 1. The van der Waals surface area contributed by atoms with Crippen molar-refractivity contribution in [2.75, 3.05) is 24.6 Å². The molecule has 0 bridgehead atoms. The predicted molar refractivity (Wildman–Crippen MR) is 96.2 cm³/mol. The van der Waals surface area contributed by atoms with Gasteiger partial charge in [-0.1, -0.05) is 6.07 Å². The number of amides is 1. The molecule has 2 aromatic rings. The van der Waals surface area contributed by atoms with Crippen molar-refractivity contribution in [1.82, 2.24) is 9.88 Å². The summed E-state index contributed by atoms with van der Waals surface area (Å²) in [6.07, 6.45) is 4.46. The number of anilines is 1. The Balaban J connectivity index is 1.55. The normalized spacial score (nSPS) is 26.6. The molecule has 0 N–H and O–H groups in total. The number of hydrogen-bond acceptors (Lipinski definition) is 4. The Morgan fingerprint density at radius 1 is 1.31 bits per heavy atom. The molecule has 0 aliphatic carbocycles. The topological polar surface area (TPSA) is 45.7 Å². The van der Waals surface area contributed by atoms with Crippen LogP contribution in [0.5, 0.6) is 0 Å². The molecule has 1 aromatic carbocycles. The monoisotopic (exact) mass is 355 g/mol. The molecule has 6 heteroatoms. The zero-order valence-corrected chi connectivity index (χ0v) is 14.8. The van der Waals surface area contributed by atoms with E-state index in [1.807, 2.05) is 12.3 Å². The van der Waals surface area contributed by atoms with Crippen molar-refractivity contribution in [2.24, 2.45) is 0 Å². The predicted octanol–water partition coefficient (Wildman–Crippen LogP) is 2.62. The van der Waals surface area contributed by atoms with E-state index in [1.165, 1.54) is 12.1 Å². The molecule has 5 nitrogen and oxygen atoms in total. The average Bonchev–Trinajstić information content (AvgIpc) is 2.64. The first-order chi connectivity index (χ1) is 12.5. The van der Waals surface area contributed by atoms with Gasteiger partial charge in [0.2, 0.25) is 0 Å². The molecule has 26 heavy (non-hydrogen) atoms. The highest BCUT2D eigenvalue weighted by molar-refractivity contribution is 5.96. The smallest absolute Gasteiger partial charge is 0.253 e. The van der Waals surface area contributed by atoms with Crippen LogP contribution in [0.3, 0.4) is 0 Å². The lowest BCUT2D eigenvalue weighted by Crippen LogP contribution is -2.67. The van der Waals surface area contributed by atoms with E-state index in [0.29, 0.717) is 0 Å². The molecule has 0 unspecified atom stereocenters. The van der Waals surface area contributed by atoms with Gasteiger partial charge < -0.3 is 9.64 Å². The standard InChI is InChI=1S/C20H22FN3O2/c1-20-14-23(12-15-3-2-9-22-11-15)10-8-18(20)24(19(25)13-26-20)17-6-4-16(21)5-7-17/h2-7,9,11,18H,8,10,12-14H2,1H3/t18-,20-/m1/s1. The highest BCUT2D eigenvalue weighted by Crippen LogP contribution is 2.36. The van der Waals surface area contributed by atoms with E-state index in [2.05, 4.69) is 22.9 Å². The molecule has 2 aliphatic heterocycles. The van der Waals surface area contributed by atoms with Gasteiger partial charge in [0.05, 0.1) is 11.6 Å². The van der Waals surface area contributed by atoms with E-state index in [1.54, 1.807) is 23.2 Å². The Bertz CT molecular complexity index is 783. The highest BCUT2D eigenvalue weighted by atomic mass is 19.1. The van der Waals surface area contributed by atoms with Gasteiger partial charge in [0, 0.05) is 37.7 Å². The number of nitrogens with zero attached hydrogens (tertiary/aromatic N) is 3. The van der Waals surface area contributed by atoms with Crippen molar-refractivity contribution in [1.29, 1.82) is 0 Å². The summed E-state index contributed by atoms with van der Waals surface area (Å²) in [7, 11) is 0. The minimum Gasteiger partial charge on any atom is -0.362 e. The van der Waals surface area contributed by atoms with Gasteiger partial charge in [-0.15, -0.1) is 0 Å². The quantitative estimate of drug-likeness (QED) is 0.849. The second kappa shape index (κ2) is 6.78. The van der Waals surface area contributed by atoms with Crippen molar-refractivity contribution in [2.45, 2.75) is 31.5 Å². The Kier molecular flexibility index (Phi) is 4.46. The summed E-state index contributed by atoms with van der Waals surface area (Å²) in [6.45, 7) is 4.52. The van der Waals surface area contributed by atoms with Gasteiger partial charge in [0.1, 0.15) is 12.4 Å². The molecule has 4 rings (SSSR count). The lowest BCUT2D eigenvalue weighted by Gasteiger charge is -2.52. The SMILES string of the molecule is C[C@@]12CN(Cc3cccnc3)CC[C@H]1N(c1ccc(F)cc1)C(=O)CO2. The van der Waals surface area contributed by atoms with Crippen molar-refractivity contribution < 1.29 is 13.9 Å². The van der Waals surface area contributed by atoms with Crippen LogP contribution in [0.2, 0.25) is 0 Å². The van der Waals surface area contributed by atoms with Crippen LogP contribution in [-0.2, 0) is 16.1 Å². The zero-order chi connectivity index (χ0) is 18.1. The van der Waals surface area contributed by atoms with Crippen LogP contribution in [0.25, 0.3) is 0 Å². The molecular formula is C20H22FN3O2. The fraction of sp³-hybridized carbons (Fsp3) is 0.400. The number of hydrogen-bond donors (Lipinski definition) is 0. The van der Waals surface area contributed by atoms with E-state index < -0.39 is 5.60 Å². The largest absolute Gasteiger partial charge is 0.362 e. The molecule has 2 aliphatic rings. The summed E-state index contributed by atoms with van der Waals surface area (Å²) < 4.78 is 19.3. The molecule has 1 aromatic heterocycles. The Morgan fingerprint density at radius 2 is 2.12 bits per heavy atom. The maximum Gasteiger partial charge on any atom is 0.253 e. The third-order valence-corrected chi connectivity index (χ3v) is 5.30. The molecule has 2 saturated heterocycles. The van der Waals surface area contributed by atoms with Gasteiger partial charge in [-0.2, -0.15) is 0 Å². The fourth-order valence-electron chi connectivity index (χ4n) is 4.06. The molecule has 1 amide bonds. The van der Waals surface area contributed by atoms with Crippen LogP contribution < -0.4 is 4.90 Å². The molecule has 0 radical (unpaired) electrons. The van der Waals surface area contributed by atoms with Gasteiger partial charge in [-0.3, -0.25) is 14.7 Å². The first-order valence-corrected chi connectivity index (χ1v) is 8.88. The number of rotatable bonds is 3. The van der Waals surface area contributed by atoms with Crippen molar-refractivity contribution in [3.05, 3.63) is 60.2 Å². The molecular weight excluding hydrogens is 333 g/mol. The van der Waals surface area contributed by atoms with E-state index in [4.69, 9.17) is 4.74 Å². The van der Waals surface area contributed by atoms with E-state index >= 15 is 0 Å². The number of aromatic nitrogens is 1. The molecule has 2 atom stereocenters. The average molecular weight is 355 g/mol. The maximum atomic E-state index is 13.3. The Morgan fingerprint density at radius 3 is 2.85 bits per heavy atom. The minimum absolute atomic E-state index is 0.0467. The molecule has 3 heterocycles. The summed E-state index contributed by atoms with van der Waals surface area (Å²) in [5.74, 6) is -0.372. The first kappa shape index (κ1) is 17.1. The number of piperidine rings is 1. The van der Waals surface area contributed by atoms with Crippen LogP contribution in [0.15, 0.2) is 48.8 Å². The van der Waals surface area contributed by atoms with E-state index in [9.17, 15) is 9.18 Å². The molecule has 0 spiro atoms. The number of likely N-dealkylation sites (tertiary alicyclic amines) is 1. The zero-order valence-electron chi connectivity index (χ0n) is 14.8. The van der Waals surface area contributed by atoms with Crippen LogP contribution in [0, 0.1) is 5.82 Å². The Hall–Kier alpha value is -2.31. The summed E-state index contributed by atoms with van der Waals surface area (Å²) in [6, 6.07) is 10.1. The van der Waals surface area contributed by atoms with E-state index in [0.717, 1.165) is 37.3 Å². The van der Waals surface area contributed by atoms with Crippen molar-refractivity contribution >= 4 is 11.6 Å². The van der Waals surface area contributed by atoms with Gasteiger partial charge >= 0.3 is 0 Å². The summed E-state index contributed by atoms with van der Waals surface area (Å²) >= 11 is 0. The van der Waals surface area contributed by atoms with Crippen molar-refractivity contribution in [3.8, 4) is 0 Å². The number of halogens is 1. The molecule has 136 valence electrons. The van der Waals surface area contributed by atoms with Gasteiger partial charge in [-0.25, -0.2) is 4.39 Å². The minimum atomic E-state index is -0.456. The number of carbonyl (C=O) groups is 1. The van der Waals surface area contributed by atoms with Gasteiger partial charge in [-0.05, 0) is 49.2 Å². The van der Waals surface area contributed by atoms with Crippen LogP contribution >= 0.6 is 0 Å². The third kappa shape index (κ3) is 3.22. The second-order valence-corrected chi connectivity index (χ2v) is 7.22. The number of carbonyl (C=O) groups excluding carboxylic acids is 1. The number of fused-ring (bicyclic) bond motifs is 1. The summed E-state index contributed by atoms with van der Waals surface area (Å²) in [5, 5.41) is 0. The first-order valence-electron chi connectivity index (χ1n) is 8.88. The highest BCUT2D eigenvalue weighted by Gasteiger charge is 2.49. The lowest BCUT2D eigenvalue weighted by molar-refractivity contribution is -0.152. The second-order valence-electron chi connectivity index (χ2n) is 7.22. The number of morpholine rings is 1. The van der Waals surface area contributed by atoms with Crippen LogP contribution in [0.4, 0.5) is 10.1 Å². The number of ether oxygens (including phenoxy) is 1. The molecule has 0 saturated carbocycles. The third-order valence-electron chi connectivity index (χ3n) is 5.30. The summed E-state index contributed by atoms with van der Waals surface area (Å²) in [4.78, 5) is 20.8. The van der Waals surface area contributed by atoms with Crippen LogP contribution in [0.1, 0.15) is 18.9 Å². The Labute approximate surface area is 152 Å². The van der Waals surface area contributed by atoms with E-state index in [-0.39, 0.29) is 24.4 Å². The number of pyridine rings is 1. The maximum absolute atomic E-state index is 13.3.